The van der Waals surface area contributed by atoms with E-state index < -0.39 is 23.9 Å². The second-order valence-electron chi connectivity index (χ2n) is 6.30. The van der Waals surface area contributed by atoms with Crippen molar-refractivity contribution >= 4 is 23.2 Å². The zero-order chi connectivity index (χ0) is 14.5. The fourth-order valence-corrected chi connectivity index (χ4v) is 3.40. The van der Waals surface area contributed by atoms with Gasteiger partial charge in [-0.2, -0.15) is 0 Å². The van der Waals surface area contributed by atoms with Gasteiger partial charge < -0.3 is 14.8 Å². The van der Waals surface area contributed by atoms with Crippen molar-refractivity contribution in [2.45, 2.75) is 45.1 Å². The van der Waals surface area contributed by atoms with Crippen LogP contribution >= 0.6 is 11.3 Å². The molecule has 2 aliphatic heterocycles. The van der Waals surface area contributed by atoms with Crippen molar-refractivity contribution in [1.82, 2.24) is 5.32 Å². The first-order chi connectivity index (χ1) is 9.33. The van der Waals surface area contributed by atoms with Crippen molar-refractivity contribution in [3.05, 3.63) is 22.4 Å². The minimum absolute atomic E-state index is 0.0149. The van der Waals surface area contributed by atoms with Crippen LogP contribution in [0.5, 0.6) is 0 Å². The SMILES string of the molecule is CC(C)(C)[C@@H]1OC(=O)[C@]2(CC(=O)N[C@H]2c2cccs2)O1. The standard InChI is InChI=1S/C14H17NO4S/c1-13(2,3)12-18-11(17)14(19-12)7-9(16)15-10(14)8-5-4-6-20-8/h4-6,10,12H,7H2,1-3H3,(H,15,16)/t10-,12+,14+/m0/s1. The first-order valence-corrected chi connectivity index (χ1v) is 7.42. The van der Waals surface area contributed by atoms with Crippen LogP contribution in [0.25, 0.3) is 0 Å². The van der Waals surface area contributed by atoms with Gasteiger partial charge in [0.25, 0.3) is 0 Å². The largest absolute Gasteiger partial charge is 0.433 e. The molecule has 20 heavy (non-hydrogen) atoms. The molecule has 3 atom stereocenters. The number of rotatable bonds is 1. The van der Waals surface area contributed by atoms with Gasteiger partial charge in [-0.25, -0.2) is 4.79 Å². The van der Waals surface area contributed by atoms with E-state index in [0.717, 1.165) is 4.88 Å². The predicted octanol–water partition coefficient (Wildman–Crippen LogP) is 1.99. The molecule has 2 fully saturated rings. The molecule has 2 saturated heterocycles. The minimum atomic E-state index is -1.22. The van der Waals surface area contributed by atoms with E-state index in [0.29, 0.717) is 0 Å². The summed E-state index contributed by atoms with van der Waals surface area (Å²) in [5.41, 5.74) is -1.55. The number of esters is 1. The summed E-state index contributed by atoms with van der Waals surface area (Å²) in [6.45, 7) is 5.82. The van der Waals surface area contributed by atoms with Crippen LogP contribution in [-0.2, 0) is 19.1 Å². The topological polar surface area (TPSA) is 64.6 Å². The van der Waals surface area contributed by atoms with Crippen molar-refractivity contribution < 1.29 is 19.1 Å². The zero-order valence-corrected chi connectivity index (χ0v) is 12.5. The Balaban J connectivity index is 1.98. The van der Waals surface area contributed by atoms with Gasteiger partial charge in [-0.05, 0) is 11.4 Å². The highest BCUT2D eigenvalue weighted by Gasteiger charge is 2.63. The Labute approximate surface area is 121 Å². The van der Waals surface area contributed by atoms with Crippen molar-refractivity contribution in [3.63, 3.8) is 0 Å². The molecule has 5 nitrogen and oxygen atoms in total. The van der Waals surface area contributed by atoms with Crippen LogP contribution in [0.4, 0.5) is 0 Å². The van der Waals surface area contributed by atoms with Gasteiger partial charge in [0, 0.05) is 10.3 Å². The number of hydrogen-bond donors (Lipinski definition) is 1. The van der Waals surface area contributed by atoms with Crippen molar-refractivity contribution in [2.24, 2.45) is 5.41 Å². The van der Waals surface area contributed by atoms with Gasteiger partial charge in [0.1, 0.15) is 6.04 Å². The summed E-state index contributed by atoms with van der Waals surface area (Å²) in [6.07, 6.45) is -0.619. The number of amides is 1. The number of carbonyl (C=O) groups is 2. The highest BCUT2D eigenvalue weighted by Crippen LogP contribution is 2.47. The van der Waals surface area contributed by atoms with E-state index in [1.54, 1.807) is 0 Å². The smallest absolute Gasteiger partial charge is 0.344 e. The lowest BCUT2D eigenvalue weighted by molar-refractivity contribution is -0.156. The average Bonchev–Trinajstić information content (AvgIpc) is 3.00. The number of ether oxygens (including phenoxy) is 2. The van der Waals surface area contributed by atoms with Gasteiger partial charge in [0.2, 0.25) is 17.8 Å². The van der Waals surface area contributed by atoms with E-state index in [1.165, 1.54) is 11.3 Å². The maximum Gasteiger partial charge on any atom is 0.344 e. The molecule has 1 N–H and O–H groups in total. The van der Waals surface area contributed by atoms with Gasteiger partial charge in [0.05, 0.1) is 6.42 Å². The lowest BCUT2D eigenvalue weighted by atomic mass is 9.93. The van der Waals surface area contributed by atoms with E-state index >= 15 is 0 Å². The van der Waals surface area contributed by atoms with Crippen LogP contribution < -0.4 is 5.32 Å². The summed E-state index contributed by atoms with van der Waals surface area (Å²) in [5.74, 6) is -0.635. The molecule has 0 radical (unpaired) electrons. The third kappa shape index (κ3) is 1.94. The first kappa shape index (κ1) is 13.6. The highest BCUT2D eigenvalue weighted by atomic mass is 32.1. The predicted molar refractivity (Wildman–Crippen MR) is 73.0 cm³/mol. The van der Waals surface area contributed by atoms with Crippen LogP contribution in [-0.4, -0.2) is 23.8 Å². The molecule has 1 spiro atoms. The molecule has 2 aliphatic rings. The summed E-state index contributed by atoms with van der Waals surface area (Å²) < 4.78 is 11.3. The van der Waals surface area contributed by atoms with Crippen molar-refractivity contribution in [3.8, 4) is 0 Å². The molecule has 0 saturated carbocycles. The Morgan fingerprint density at radius 3 is 2.70 bits per heavy atom. The van der Waals surface area contributed by atoms with E-state index in [1.807, 2.05) is 38.3 Å². The second kappa shape index (κ2) is 4.30. The van der Waals surface area contributed by atoms with Crippen molar-refractivity contribution in [2.75, 3.05) is 0 Å². The van der Waals surface area contributed by atoms with E-state index in [-0.39, 0.29) is 17.7 Å². The Morgan fingerprint density at radius 2 is 2.15 bits per heavy atom. The number of cyclic esters (lactones) is 1. The summed E-state index contributed by atoms with van der Waals surface area (Å²) in [6, 6.07) is 3.32. The molecular formula is C14H17NO4S. The maximum atomic E-state index is 12.4. The Kier molecular flexibility index (Phi) is 2.92. The van der Waals surface area contributed by atoms with Crippen LogP contribution in [0.15, 0.2) is 17.5 Å². The summed E-state index contributed by atoms with van der Waals surface area (Å²) in [7, 11) is 0. The van der Waals surface area contributed by atoms with Crippen molar-refractivity contribution in [1.29, 1.82) is 0 Å². The van der Waals surface area contributed by atoms with Gasteiger partial charge in [-0.3, -0.25) is 4.79 Å². The minimum Gasteiger partial charge on any atom is -0.433 e. The zero-order valence-electron chi connectivity index (χ0n) is 11.6. The second-order valence-corrected chi connectivity index (χ2v) is 7.28. The molecular weight excluding hydrogens is 278 g/mol. The Hall–Kier alpha value is -1.40. The lowest BCUT2D eigenvalue weighted by Gasteiger charge is -2.28. The molecule has 6 heteroatoms. The van der Waals surface area contributed by atoms with E-state index in [9.17, 15) is 9.59 Å². The van der Waals surface area contributed by atoms with Gasteiger partial charge in [-0.1, -0.05) is 26.8 Å². The Morgan fingerprint density at radius 1 is 1.40 bits per heavy atom. The summed E-state index contributed by atoms with van der Waals surface area (Å²) >= 11 is 1.49. The maximum absolute atomic E-state index is 12.4. The summed E-state index contributed by atoms with van der Waals surface area (Å²) in [5, 5.41) is 4.75. The molecule has 3 rings (SSSR count). The van der Waals surface area contributed by atoms with Gasteiger partial charge in [0.15, 0.2) is 0 Å². The molecule has 0 bridgehead atoms. The van der Waals surface area contributed by atoms with Crippen LogP contribution in [0.2, 0.25) is 0 Å². The molecule has 0 aromatic carbocycles. The lowest BCUT2D eigenvalue weighted by Crippen LogP contribution is -2.42. The van der Waals surface area contributed by atoms with E-state index in [4.69, 9.17) is 9.47 Å². The quantitative estimate of drug-likeness (QED) is 0.805. The molecule has 1 amide bonds. The molecule has 0 unspecified atom stereocenters. The fourth-order valence-electron chi connectivity index (χ4n) is 2.54. The molecule has 1 aromatic rings. The van der Waals surface area contributed by atoms with Gasteiger partial charge >= 0.3 is 5.97 Å². The van der Waals surface area contributed by atoms with E-state index in [2.05, 4.69) is 5.32 Å². The fraction of sp³-hybridized carbons (Fsp3) is 0.571. The molecule has 3 heterocycles. The first-order valence-electron chi connectivity index (χ1n) is 6.54. The summed E-state index contributed by atoms with van der Waals surface area (Å²) in [4.78, 5) is 25.1. The normalized spacial score (nSPS) is 33.5. The highest BCUT2D eigenvalue weighted by molar-refractivity contribution is 7.10. The molecule has 1 aromatic heterocycles. The van der Waals surface area contributed by atoms with Gasteiger partial charge in [-0.15, -0.1) is 11.3 Å². The number of thiophene rings is 1. The van der Waals surface area contributed by atoms with Crippen LogP contribution in [0.3, 0.4) is 0 Å². The Bertz CT molecular complexity index is 548. The van der Waals surface area contributed by atoms with Crippen LogP contribution in [0.1, 0.15) is 38.1 Å². The monoisotopic (exact) mass is 295 g/mol. The third-order valence-electron chi connectivity index (χ3n) is 3.61. The number of nitrogens with one attached hydrogen (secondary N) is 1. The average molecular weight is 295 g/mol. The van der Waals surface area contributed by atoms with Crippen LogP contribution in [0, 0.1) is 5.41 Å². The number of carbonyl (C=O) groups excluding carboxylic acids is 2. The molecule has 0 aliphatic carbocycles. The molecule has 108 valence electrons. The number of hydrogen-bond acceptors (Lipinski definition) is 5. The third-order valence-corrected chi connectivity index (χ3v) is 4.54.